The number of aromatic nitrogens is 3. The van der Waals surface area contributed by atoms with Crippen molar-refractivity contribution in [1.82, 2.24) is 14.5 Å². The van der Waals surface area contributed by atoms with E-state index in [-0.39, 0.29) is 23.0 Å². The molecule has 4 rings (SSSR count). The lowest BCUT2D eigenvalue weighted by molar-refractivity contribution is -0.118. The molecular formula is C25H28N4O3S2. The summed E-state index contributed by atoms with van der Waals surface area (Å²) in [6.07, 6.45) is 6.34. The lowest BCUT2D eigenvalue weighted by atomic mass is 10.1. The Hall–Kier alpha value is -3.04. The summed E-state index contributed by atoms with van der Waals surface area (Å²) in [5, 5.41) is 0.685. The van der Waals surface area contributed by atoms with E-state index in [2.05, 4.69) is 24.0 Å². The van der Waals surface area contributed by atoms with Crippen molar-refractivity contribution < 1.29 is 13.2 Å². The summed E-state index contributed by atoms with van der Waals surface area (Å²) in [5.74, 6) is -0.0166. The SMILES string of the molecule is CCS(=O)(=O)c1ccc(CC(=O)N(CCCn2ccnc2)c2nc3c(C)cc(C)cc3s2)cc1. The molecule has 2 aromatic carbocycles. The van der Waals surface area contributed by atoms with Gasteiger partial charge >= 0.3 is 0 Å². The molecule has 1 amide bonds. The molecule has 178 valence electrons. The minimum atomic E-state index is -3.27. The zero-order valence-electron chi connectivity index (χ0n) is 19.6. The number of benzene rings is 2. The Morgan fingerprint density at radius 1 is 1.15 bits per heavy atom. The van der Waals surface area contributed by atoms with Gasteiger partial charge in [0.05, 0.1) is 33.6 Å². The number of carbonyl (C=O) groups excluding carboxylic acids is 1. The molecule has 2 heterocycles. The van der Waals surface area contributed by atoms with Crippen molar-refractivity contribution in [1.29, 1.82) is 0 Å². The van der Waals surface area contributed by atoms with Gasteiger partial charge in [0.2, 0.25) is 5.91 Å². The Bertz CT molecular complexity index is 1390. The minimum absolute atomic E-state index is 0.0481. The Labute approximate surface area is 204 Å². The Balaban J connectivity index is 1.58. The lowest BCUT2D eigenvalue weighted by Gasteiger charge is -2.20. The molecule has 0 aliphatic rings. The van der Waals surface area contributed by atoms with Gasteiger partial charge in [-0.05, 0) is 55.2 Å². The van der Waals surface area contributed by atoms with Gasteiger partial charge in [-0.3, -0.25) is 9.69 Å². The molecule has 34 heavy (non-hydrogen) atoms. The zero-order valence-corrected chi connectivity index (χ0v) is 21.2. The third-order valence-electron chi connectivity index (χ3n) is 5.73. The fourth-order valence-electron chi connectivity index (χ4n) is 3.88. The van der Waals surface area contributed by atoms with Crippen LogP contribution in [-0.2, 0) is 27.6 Å². The van der Waals surface area contributed by atoms with E-state index in [1.165, 1.54) is 16.9 Å². The maximum Gasteiger partial charge on any atom is 0.233 e. The van der Waals surface area contributed by atoms with Crippen molar-refractivity contribution in [2.24, 2.45) is 0 Å². The number of amides is 1. The third-order valence-corrected chi connectivity index (χ3v) is 8.50. The molecule has 4 aromatic rings. The fraction of sp³-hybridized carbons (Fsp3) is 0.320. The summed E-state index contributed by atoms with van der Waals surface area (Å²) in [4.78, 5) is 24.4. The van der Waals surface area contributed by atoms with Gasteiger partial charge in [0, 0.05) is 25.5 Å². The van der Waals surface area contributed by atoms with Crippen LogP contribution in [0.15, 0.2) is 60.0 Å². The van der Waals surface area contributed by atoms with Crippen LogP contribution in [0.3, 0.4) is 0 Å². The van der Waals surface area contributed by atoms with Gasteiger partial charge in [-0.2, -0.15) is 0 Å². The molecule has 0 aliphatic heterocycles. The summed E-state index contributed by atoms with van der Waals surface area (Å²) in [5.41, 5.74) is 3.95. The van der Waals surface area contributed by atoms with E-state index < -0.39 is 9.84 Å². The third kappa shape index (κ3) is 5.37. The fourth-order valence-corrected chi connectivity index (χ4v) is 5.95. The molecule has 0 saturated heterocycles. The molecule has 2 aromatic heterocycles. The Morgan fingerprint density at radius 2 is 1.91 bits per heavy atom. The summed E-state index contributed by atoms with van der Waals surface area (Å²) in [7, 11) is -3.27. The highest BCUT2D eigenvalue weighted by molar-refractivity contribution is 7.91. The maximum atomic E-state index is 13.4. The van der Waals surface area contributed by atoms with E-state index in [1.54, 1.807) is 48.6 Å². The summed E-state index contributed by atoms with van der Waals surface area (Å²) >= 11 is 1.52. The van der Waals surface area contributed by atoms with Crippen LogP contribution < -0.4 is 4.90 Å². The van der Waals surface area contributed by atoms with Crippen LogP contribution >= 0.6 is 11.3 Å². The first-order valence-electron chi connectivity index (χ1n) is 11.2. The molecule has 0 N–H and O–H groups in total. The second-order valence-electron chi connectivity index (χ2n) is 8.35. The first-order valence-corrected chi connectivity index (χ1v) is 13.7. The minimum Gasteiger partial charge on any atom is -0.337 e. The standard InChI is InChI=1S/C25H28N4O3S2/c1-4-34(31,32)21-8-6-20(7-9-21)16-23(30)29(12-5-11-28-13-10-26-17-28)25-27-24-19(3)14-18(2)15-22(24)33-25/h6-10,13-15,17H,4-5,11-12,16H2,1-3H3. The first kappa shape index (κ1) is 24.1. The average Bonchev–Trinajstić information content (AvgIpc) is 3.47. The van der Waals surface area contributed by atoms with Crippen LogP contribution in [-0.4, -0.2) is 41.2 Å². The largest absolute Gasteiger partial charge is 0.337 e. The Kier molecular flexibility index (Phi) is 7.13. The van der Waals surface area contributed by atoms with E-state index in [0.717, 1.165) is 34.3 Å². The molecule has 7 nitrogen and oxygen atoms in total. The van der Waals surface area contributed by atoms with Crippen LogP contribution in [0, 0.1) is 13.8 Å². The maximum absolute atomic E-state index is 13.4. The Morgan fingerprint density at radius 3 is 2.59 bits per heavy atom. The highest BCUT2D eigenvalue weighted by Crippen LogP contribution is 2.32. The van der Waals surface area contributed by atoms with E-state index in [1.807, 2.05) is 17.7 Å². The molecular weight excluding hydrogens is 468 g/mol. The average molecular weight is 497 g/mol. The van der Waals surface area contributed by atoms with Gasteiger partial charge in [0.25, 0.3) is 0 Å². The molecule has 0 saturated carbocycles. The number of imidazole rings is 1. The van der Waals surface area contributed by atoms with Crippen LogP contribution in [0.25, 0.3) is 10.2 Å². The molecule has 0 unspecified atom stereocenters. The predicted octanol–water partition coefficient (Wildman–Crippen LogP) is 4.57. The molecule has 9 heteroatoms. The van der Waals surface area contributed by atoms with Gasteiger partial charge in [-0.1, -0.05) is 36.5 Å². The van der Waals surface area contributed by atoms with Crippen molar-refractivity contribution in [3.63, 3.8) is 0 Å². The summed E-state index contributed by atoms with van der Waals surface area (Å²) in [6.45, 7) is 6.99. The number of hydrogen-bond acceptors (Lipinski definition) is 6. The number of nitrogens with zero attached hydrogens (tertiary/aromatic N) is 4. The van der Waals surface area contributed by atoms with Gasteiger partial charge in [0.1, 0.15) is 0 Å². The van der Waals surface area contributed by atoms with Crippen LogP contribution in [0.2, 0.25) is 0 Å². The smallest absolute Gasteiger partial charge is 0.233 e. The lowest BCUT2D eigenvalue weighted by Crippen LogP contribution is -2.33. The summed E-state index contributed by atoms with van der Waals surface area (Å²) < 4.78 is 27.2. The van der Waals surface area contributed by atoms with Crippen LogP contribution in [0.5, 0.6) is 0 Å². The number of aryl methyl sites for hydroxylation is 3. The monoisotopic (exact) mass is 496 g/mol. The van der Waals surface area contributed by atoms with Crippen molar-refractivity contribution >= 4 is 42.4 Å². The van der Waals surface area contributed by atoms with Crippen molar-refractivity contribution in [3.8, 4) is 0 Å². The topological polar surface area (TPSA) is 85.2 Å². The van der Waals surface area contributed by atoms with Gasteiger partial charge in [-0.25, -0.2) is 18.4 Å². The summed E-state index contributed by atoms with van der Waals surface area (Å²) in [6, 6.07) is 10.8. The van der Waals surface area contributed by atoms with E-state index >= 15 is 0 Å². The van der Waals surface area contributed by atoms with Crippen molar-refractivity contribution in [2.45, 2.75) is 45.1 Å². The quantitative estimate of drug-likeness (QED) is 0.339. The molecule has 0 bridgehead atoms. The highest BCUT2D eigenvalue weighted by atomic mass is 32.2. The van der Waals surface area contributed by atoms with Crippen molar-refractivity contribution in [2.75, 3.05) is 17.2 Å². The van der Waals surface area contributed by atoms with E-state index in [9.17, 15) is 13.2 Å². The molecule has 0 fully saturated rings. The number of rotatable bonds is 9. The molecule has 0 aliphatic carbocycles. The normalized spacial score (nSPS) is 11.7. The van der Waals surface area contributed by atoms with Gasteiger partial charge < -0.3 is 4.57 Å². The van der Waals surface area contributed by atoms with Crippen LogP contribution in [0.1, 0.15) is 30.0 Å². The van der Waals surface area contributed by atoms with Crippen LogP contribution in [0.4, 0.5) is 5.13 Å². The van der Waals surface area contributed by atoms with E-state index in [0.29, 0.717) is 11.7 Å². The zero-order chi connectivity index (χ0) is 24.3. The van der Waals surface area contributed by atoms with Gasteiger partial charge in [0.15, 0.2) is 15.0 Å². The first-order chi connectivity index (χ1) is 16.3. The molecule has 0 spiro atoms. The number of fused-ring (bicyclic) bond motifs is 1. The molecule has 0 radical (unpaired) electrons. The van der Waals surface area contributed by atoms with E-state index in [4.69, 9.17) is 4.98 Å². The molecule has 0 atom stereocenters. The number of thiazole rings is 1. The second kappa shape index (κ2) is 10.1. The number of carbonyl (C=O) groups is 1. The van der Waals surface area contributed by atoms with Crippen molar-refractivity contribution in [3.05, 3.63) is 71.8 Å². The number of sulfone groups is 1. The predicted molar refractivity (Wildman–Crippen MR) is 136 cm³/mol. The highest BCUT2D eigenvalue weighted by Gasteiger charge is 2.21. The number of anilines is 1. The number of hydrogen-bond donors (Lipinski definition) is 0. The second-order valence-corrected chi connectivity index (χ2v) is 11.6. The van der Waals surface area contributed by atoms with Gasteiger partial charge in [-0.15, -0.1) is 0 Å².